The molecular weight excluding hydrogens is 655 g/mol. The molecule has 244 valence electrons. The molecule has 0 spiro atoms. The summed E-state index contributed by atoms with van der Waals surface area (Å²) >= 11 is 7.14. The summed E-state index contributed by atoms with van der Waals surface area (Å²) < 4.78 is 50.3. The fourth-order valence-corrected chi connectivity index (χ4v) is 5.35. The SMILES string of the molecule is COc1cccc(/C=C(/NC(=O)c2ccccc2)C(=O)Nc2cccc(SC(C)C(=O)Nc3cc(C(F)(F)F)ccc3Cl)c2)c1OC. The van der Waals surface area contributed by atoms with Gasteiger partial charge in [-0.2, -0.15) is 13.2 Å². The number of hydrogen-bond donors (Lipinski definition) is 3. The second-order valence-electron chi connectivity index (χ2n) is 9.88. The van der Waals surface area contributed by atoms with Crippen LogP contribution in [0.15, 0.2) is 102 Å². The average molecular weight is 684 g/mol. The third kappa shape index (κ3) is 9.30. The normalized spacial score (nSPS) is 12.1. The van der Waals surface area contributed by atoms with Gasteiger partial charge in [0.05, 0.1) is 35.7 Å². The number of thioether (sulfide) groups is 1. The molecular formula is C34H29ClF3N3O5S. The predicted molar refractivity (Wildman–Crippen MR) is 177 cm³/mol. The Morgan fingerprint density at radius 3 is 2.28 bits per heavy atom. The summed E-state index contributed by atoms with van der Waals surface area (Å²) in [7, 11) is 2.93. The van der Waals surface area contributed by atoms with E-state index in [-0.39, 0.29) is 16.4 Å². The van der Waals surface area contributed by atoms with Crippen LogP contribution in [-0.4, -0.2) is 37.2 Å². The molecule has 0 fully saturated rings. The van der Waals surface area contributed by atoms with Gasteiger partial charge in [0.25, 0.3) is 11.8 Å². The Kier molecular flexibility index (Phi) is 11.6. The Morgan fingerprint density at radius 2 is 1.60 bits per heavy atom. The molecule has 4 aromatic carbocycles. The Labute approximate surface area is 278 Å². The highest BCUT2D eigenvalue weighted by Gasteiger charge is 2.31. The Hall–Kier alpha value is -4.94. The Morgan fingerprint density at radius 1 is 0.872 bits per heavy atom. The van der Waals surface area contributed by atoms with Crippen LogP contribution in [0.5, 0.6) is 11.5 Å². The van der Waals surface area contributed by atoms with Crippen molar-refractivity contribution in [3.63, 3.8) is 0 Å². The fourth-order valence-electron chi connectivity index (χ4n) is 4.26. The van der Waals surface area contributed by atoms with E-state index in [1.165, 1.54) is 20.3 Å². The first-order chi connectivity index (χ1) is 22.4. The van der Waals surface area contributed by atoms with E-state index in [9.17, 15) is 27.6 Å². The minimum atomic E-state index is -4.60. The summed E-state index contributed by atoms with van der Waals surface area (Å²) in [5.41, 5.74) is -0.0416. The number of carbonyl (C=O) groups is 3. The number of benzene rings is 4. The van der Waals surface area contributed by atoms with Crippen LogP contribution < -0.4 is 25.4 Å². The molecule has 3 N–H and O–H groups in total. The average Bonchev–Trinajstić information content (AvgIpc) is 3.05. The van der Waals surface area contributed by atoms with Crippen molar-refractivity contribution in [3.05, 3.63) is 118 Å². The molecule has 0 saturated carbocycles. The third-order valence-electron chi connectivity index (χ3n) is 6.59. The molecule has 0 aliphatic carbocycles. The maximum Gasteiger partial charge on any atom is 0.416 e. The van der Waals surface area contributed by atoms with E-state index in [1.54, 1.807) is 79.7 Å². The monoisotopic (exact) mass is 683 g/mol. The number of amides is 3. The van der Waals surface area contributed by atoms with E-state index in [1.807, 2.05) is 0 Å². The number of ether oxygens (including phenoxy) is 2. The molecule has 3 amide bonds. The van der Waals surface area contributed by atoms with Crippen LogP contribution >= 0.6 is 23.4 Å². The van der Waals surface area contributed by atoms with Gasteiger partial charge in [0.15, 0.2) is 11.5 Å². The van der Waals surface area contributed by atoms with Crippen LogP contribution in [-0.2, 0) is 15.8 Å². The molecule has 0 aromatic heterocycles. The number of carbonyl (C=O) groups excluding carboxylic acids is 3. The molecule has 0 bridgehead atoms. The molecule has 0 saturated heterocycles. The van der Waals surface area contributed by atoms with Gasteiger partial charge in [-0.25, -0.2) is 0 Å². The number of hydrogen-bond acceptors (Lipinski definition) is 6. The van der Waals surface area contributed by atoms with E-state index >= 15 is 0 Å². The summed E-state index contributed by atoms with van der Waals surface area (Å²) in [5.74, 6) is -0.961. The van der Waals surface area contributed by atoms with Crippen molar-refractivity contribution in [3.8, 4) is 11.5 Å². The van der Waals surface area contributed by atoms with Gasteiger partial charge in [-0.3, -0.25) is 14.4 Å². The molecule has 47 heavy (non-hydrogen) atoms. The van der Waals surface area contributed by atoms with Crippen molar-refractivity contribution in [1.82, 2.24) is 5.32 Å². The van der Waals surface area contributed by atoms with Gasteiger partial charge >= 0.3 is 6.18 Å². The lowest BCUT2D eigenvalue weighted by molar-refractivity contribution is -0.137. The second-order valence-corrected chi connectivity index (χ2v) is 11.7. The second kappa shape index (κ2) is 15.6. The minimum absolute atomic E-state index is 0.0389. The van der Waals surface area contributed by atoms with Crippen LogP contribution in [0.1, 0.15) is 28.4 Å². The standard InChI is InChI=1S/C34H29ClF3N3O5S/c1-20(31(42)40-27-18-23(34(36,37)38)15-16-26(27)35)47-25-13-8-12-24(19-25)39-33(44)28(41-32(43)21-9-5-4-6-10-21)17-22-11-7-14-29(45-2)30(22)46-3/h4-20H,1-3H3,(H,39,44)(H,40,42)(H,41,43)/b28-17+. The highest BCUT2D eigenvalue weighted by atomic mass is 35.5. The van der Waals surface area contributed by atoms with E-state index < -0.39 is 34.7 Å². The van der Waals surface area contributed by atoms with Crippen molar-refractivity contribution in [2.75, 3.05) is 24.9 Å². The number of rotatable bonds is 11. The summed E-state index contributed by atoms with van der Waals surface area (Å²) in [6, 6.07) is 22.7. The highest BCUT2D eigenvalue weighted by molar-refractivity contribution is 8.00. The molecule has 4 aromatic rings. The third-order valence-corrected chi connectivity index (χ3v) is 8.01. The molecule has 0 heterocycles. The zero-order valence-corrected chi connectivity index (χ0v) is 26.8. The van der Waals surface area contributed by atoms with Gasteiger partial charge in [-0.1, -0.05) is 48.0 Å². The van der Waals surface area contributed by atoms with Crippen LogP contribution in [0.2, 0.25) is 5.02 Å². The van der Waals surface area contributed by atoms with E-state index in [0.29, 0.717) is 33.2 Å². The summed E-state index contributed by atoms with van der Waals surface area (Å²) in [6.45, 7) is 1.58. The molecule has 0 aliphatic heterocycles. The molecule has 1 unspecified atom stereocenters. The fraction of sp³-hybridized carbons (Fsp3) is 0.147. The predicted octanol–water partition coefficient (Wildman–Crippen LogP) is 7.90. The maximum absolute atomic E-state index is 13.6. The van der Waals surface area contributed by atoms with Gasteiger partial charge in [-0.15, -0.1) is 11.8 Å². The topological polar surface area (TPSA) is 106 Å². The number of methoxy groups -OCH3 is 2. The van der Waals surface area contributed by atoms with E-state index in [2.05, 4.69) is 16.0 Å². The van der Waals surface area contributed by atoms with Crippen LogP contribution in [0.3, 0.4) is 0 Å². The molecule has 1 atom stereocenters. The molecule has 8 nitrogen and oxygen atoms in total. The van der Waals surface area contributed by atoms with Crippen molar-refractivity contribution in [2.24, 2.45) is 0 Å². The number of nitrogens with one attached hydrogen (secondary N) is 3. The van der Waals surface area contributed by atoms with Gasteiger partial charge in [0, 0.05) is 21.7 Å². The Bertz CT molecular complexity index is 1800. The maximum atomic E-state index is 13.6. The lowest BCUT2D eigenvalue weighted by atomic mass is 10.1. The van der Waals surface area contributed by atoms with Gasteiger partial charge < -0.3 is 25.4 Å². The smallest absolute Gasteiger partial charge is 0.416 e. The van der Waals surface area contributed by atoms with Crippen LogP contribution in [0, 0.1) is 0 Å². The zero-order chi connectivity index (χ0) is 34.1. The summed E-state index contributed by atoms with van der Waals surface area (Å²) in [6.07, 6.45) is -3.14. The van der Waals surface area contributed by atoms with Crippen molar-refractivity contribution in [2.45, 2.75) is 23.2 Å². The van der Waals surface area contributed by atoms with Crippen LogP contribution in [0.4, 0.5) is 24.5 Å². The van der Waals surface area contributed by atoms with Crippen LogP contribution in [0.25, 0.3) is 6.08 Å². The lowest BCUT2D eigenvalue weighted by Crippen LogP contribution is -2.30. The first-order valence-electron chi connectivity index (χ1n) is 13.9. The quantitative estimate of drug-likeness (QED) is 0.110. The van der Waals surface area contributed by atoms with Gasteiger partial charge in [0.2, 0.25) is 5.91 Å². The number of para-hydroxylation sites is 1. The molecule has 0 radical (unpaired) electrons. The zero-order valence-electron chi connectivity index (χ0n) is 25.3. The first-order valence-corrected chi connectivity index (χ1v) is 15.2. The number of alkyl halides is 3. The number of anilines is 2. The van der Waals surface area contributed by atoms with Gasteiger partial charge in [-0.05, 0) is 67.6 Å². The van der Waals surface area contributed by atoms with E-state index in [4.69, 9.17) is 21.1 Å². The van der Waals surface area contributed by atoms with E-state index in [0.717, 1.165) is 30.0 Å². The first kappa shape index (κ1) is 34.9. The minimum Gasteiger partial charge on any atom is -0.493 e. The van der Waals surface area contributed by atoms with Crippen molar-refractivity contribution in [1.29, 1.82) is 0 Å². The molecule has 0 aliphatic rings. The van der Waals surface area contributed by atoms with Gasteiger partial charge in [0.1, 0.15) is 5.70 Å². The van der Waals surface area contributed by atoms with Crippen molar-refractivity contribution < 1.29 is 37.0 Å². The lowest BCUT2D eigenvalue weighted by Gasteiger charge is -2.16. The number of halogens is 4. The van der Waals surface area contributed by atoms with Crippen molar-refractivity contribution >= 4 is 58.5 Å². The molecule has 4 rings (SSSR count). The Balaban J connectivity index is 1.53. The summed E-state index contributed by atoms with van der Waals surface area (Å²) in [5, 5.41) is 7.08. The molecule has 13 heteroatoms. The largest absolute Gasteiger partial charge is 0.493 e. The summed E-state index contributed by atoms with van der Waals surface area (Å²) in [4.78, 5) is 40.1. The highest BCUT2D eigenvalue weighted by Crippen LogP contribution is 2.35.